The van der Waals surface area contributed by atoms with Gasteiger partial charge in [-0.2, -0.15) is 0 Å². The Morgan fingerprint density at radius 1 is 1.14 bits per heavy atom. The highest BCUT2D eigenvalue weighted by Crippen LogP contribution is 2.32. The number of carbonyl (C=O) groups excluding carboxylic acids is 1. The summed E-state index contributed by atoms with van der Waals surface area (Å²) < 4.78 is 5.98. The number of aliphatic hydroxyl groups is 1. The van der Waals surface area contributed by atoms with Gasteiger partial charge in [-0.25, -0.2) is 0 Å². The molecule has 1 unspecified atom stereocenters. The van der Waals surface area contributed by atoms with E-state index in [1.807, 2.05) is 19.9 Å². The van der Waals surface area contributed by atoms with Crippen molar-refractivity contribution in [1.82, 2.24) is 9.80 Å². The van der Waals surface area contributed by atoms with E-state index in [2.05, 4.69) is 23.1 Å². The maximum Gasteiger partial charge on any atom is 0.257 e. The van der Waals surface area contributed by atoms with E-state index >= 15 is 0 Å². The van der Waals surface area contributed by atoms with Crippen LogP contribution in [0.25, 0.3) is 0 Å². The molecule has 2 aromatic rings. The Labute approximate surface area is 171 Å². The van der Waals surface area contributed by atoms with Crippen LogP contribution in [0.2, 0.25) is 0 Å². The molecule has 0 saturated carbocycles. The molecule has 0 aromatic heterocycles. The van der Waals surface area contributed by atoms with Gasteiger partial charge in [0.25, 0.3) is 5.91 Å². The predicted octanol–water partition coefficient (Wildman–Crippen LogP) is 2.42. The first-order chi connectivity index (χ1) is 13.8. The fourth-order valence-electron chi connectivity index (χ4n) is 4.27. The second-order valence-corrected chi connectivity index (χ2v) is 8.64. The van der Waals surface area contributed by atoms with E-state index in [-0.39, 0.29) is 18.2 Å². The van der Waals surface area contributed by atoms with Crippen molar-refractivity contribution >= 4 is 5.91 Å². The van der Waals surface area contributed by atoms with Crippen LogP contribution in [0.5, 0.6) is 11.5 Å². The molecular weight excluding hydrogens is 368 g/mol. The number of hydrogen-bond donors (Lipinski definition) is 2. The van der Waals surface area contributed by atoms with Crippen molar-refractivity contribution in [1.29, 1.82) is 0 Å². The lowest BCUT2D eigenvalue weighted by Crippen LogP contribution is -2.48. The fraction of sp³-hybridized carbons (Fsp3) is 0.435. The Hall–Kier alpha value is -2.57. The number of aromatic hydroxyl groups is 1. The molecular formula is C23H28N2O4. The minimum Gasteiger partial charge on any atom is -0.508 e. The SMILES string of the molecule is CC1(C)CN(CC(O)CN2CCc3ccccc3C2)C(=O)c2ccc(O)cc2O1. The average molecular weight is 396 g/mol. The zero-order valence-electron chi connectivity index (χ0n) is 17.0. The number of carbonyl (C=O) groups is 1. The number of aliphatic hydroxyl groups excluding tert-OH is 1. The van der Waals surface area contributed by atoms with Crippen molar-refractivity contribution in [3.8, 4) is 11.5 Å². The predicted molar refractivity (Wildman–Crippen MR) is 110 cm³/mol. The quantitative estimate of drug-likeness (QED) is 0.830. The molecule has 0 bridgehead atoms. The number of hydrogen-bond acceptors (Lipinski definition) is 5. The number of amides is 1. The Balaban J connectivity index is 1.45. The lowest BCUT2D eigenvalue weighted by molar-refractivity contribution is 0.0287. The zero-order valence-corrected chi connectivity index (χ0v) is 17.0. The maximum atomic E-state index is 13.1. The van der Waals surface area contributed by atoms with E-state index < -0.39 is 11.7 Å². The molecule has 0 radical (unpaired) electrons. The normalized spacial score (nSPS) is 19.7. The largest absolute Gasteiger partial charge is 0.508 e. The first-order valence-electron chi connectivity index (χ1n) is 10.1. The molecule has 2 aliphatic heterocycles. The highest BCUT2D eigenvalue weighted by molar-refractivity contribution is 5.97. The highest BCUT2D eigenvalue weighted by atomic mass is 16.5. The number of ether oxygens (including phenoxy) is 1. The molecule has 0 saturated heterocycles. The third kappa shape index (κ3) is 4.38. The van der Waals surface area contributed by atoms with Crippen molar-refractivity contribution in [3.05, 3.63) is 59.2 Å². The summed E-state index contributed by atoms with van der Waals surface area (Å²) in [5.74, 6) is 0.254. The number of phenolic OH excluding ortho intramolecular Hbond substituents is 1. The van der Waals surface area contributed by atoms with Crippen molar-refractivity contribution in [2.24, 2.45) is 0 Å². The second kappa shape index (κ2) is 7.69. The van der Waals surface area contributed by atoms with E-state index in [0.717, 1.165) is 19.5 Å². The fourth-order valence-corrected chi connectivity index (χ4v) is 4.27. The summed E-state index contributed by atoms with van der Waals surface area (Å²) in [7, 11) is 0. The van der Waals surface area contributed by atoms with E-state index in [4.69, 9.17) is 4.74 Å². The summed E-state index contributed by atoms with van der Waals surface area (Å²) in [5.41, 5.74) is 2.46. The van der Waals surface area contributed by atoms with Crippen LogP contribution in [-0.2, 0) is 13.0 Å². The summed E-state index contributed by atoms with van der Waals surface area (Å²) in [4.78, 5) is 17.0. The lowest BCUT2D eigenvalue weighted by Gasteiger charge is -2.33. The minimum atomic E-state index is -0.654. The Bertz CT molecular complexity index is 912. The second-order valence-electron chi connectivity index (χ2n) is 8.64. The Morgan fingerprint density at radius 2 is 1.90 bits per heavy atom. The summed E-state index contributed by atoms with van der Waals surface area (Å²) >= 11 is 0. The Kier molecular flexibility index (Phi) is 5.23. The molecule has 1 amide bonds. The van der Waals surface area contributed by atoms with Crippen LogP contribution in [0.4, 0.5) is 0 Å². The zero-order chi connectivity index (χ0) is 20.6. The van der Waals surface area contributed by atoms with E-state index in [0.29, 0.717) is 24.4 Å². The number of benzene rings is 2. The van der Waals surface area contributed by atoms with Crippen LogP contribution in [0.1, 0.15) is 35.3 Å². The minimum absolute atomic E-state index is 0.0613. The van der Waals surface area contributed by atoms with Crippen LogP contribution in [0.15, 0.2) is 42.5 Å². The number of rotatable bonds is 4. The first-order valence-corrected chi connectivity index (χ1v) is 10.1. The van der Waals surface area contributed by atoms with E-state index in [1.165, 1.54) is 23.3 Å². The van der Waals surface area contributed by atoms with Crippen LogP contribution in [0, 0.1) is 0 Å². The summed E-state index contributed by atoms with van der Waals surface area (Å²) in [6.45, 7) is 6.64. The van der Waals surface area contributed by atoms with Gasteiger partial charge in [0.1, 0.15) is 17.1 Å². The summed E-state index contributed by atoms with van der Waals surface area (Å²) in [5, 5.41) is 20.5. The molecule has 154 valence electrons. The van der Waals surface area contributed by atoms with Crippen molar-refractivity contribution in [2.45, 2.75) is 38.5 Å². The molecule has 2 N–H and O–H groups in total. The molecule has 0 aliphatic carbocycles. The first kappa shape index (κ1) is 19.7. The highest BCUT2D eigenvalue weighted by Gasteiger charge is 2.35. The van der Waals surface area contributed by atoms with Gasteiger partial charge in [-0.05, 0) is 43.5 Å². The van der Waals surface area contributed by atoms with Crippen LogP contribution in [0.3, 0.4) is 0 Å². The van der Waals surface area contributed by atoms with Crippen LogP contribution < -0.4 is 4.74 Å². The van der Waals surface area contributed by atoms with Crippen LogP contribution in [-0.4, -0.2) is 63.8 Å². The van der Waals surface area contributed by atoms with Crippen LogP contribution >= 0.6 is 0 Å². The molecule has 2 aromatic carbocycles. The van der Waals surface area contributed by atoms with Gasteiger partial charge in [-0.3, -0.25) is 9.69 Å². The smallest absolute Gasteiger partial charge is 0.257 e. The molecule has 2 heterocycles. The molecule has 0 spiro atoms. The third-order valence-corrected chi connectivity index (χ3v) is 5.55. The monoisotopic (exact) mass is 396 g/mol. The number of β-amino-alcohol motifs (C(OH)–C–C–N with tert-alkyl or cyclic N) is 1. The summed E-state index contributed by atoms with van der Waals surface area (Å²) in [6.07, 6.45) is 0.321. The number of phenols is 1. The van der Waals surface area contributed by atoms with Crippen molar-refractivity contribution < 1.29 is 19.7 Å². The molecule has 0 fully saturated rings. The van der Waals surface area contributed by atoms with Gasteiger partial charge >= 0.3 is 0 Å². The Morgan fingerprint density at radius 3 is 2.69 bits per heavy atom. The topological polar surface area (TPSA) is 73.2 Å². The van der Waals surface area contributed by atoms with Gasteiger partial charge < -0.3 is 19.8 Å². The molecule has 2 aliphatic rings. The lowest BCUT2D eigenvalue weighted by atomic mass is 9.99. The van der Waals surface area contributed by atoms with E-state index in [1.54, 1.807) is 11.0 Å². The number of nitrogens with zero attached hydrogens (tertiary/aromatic N) is 2. The van der Waals surface area contributed by atoms with Gasteiger partial charge in [0.2, 0.25) is 0 Å². The summed E-state index contributed by atoms with van der Waals surface area (Å²) in [6, 6.07) is 12.9. The molecule has 1 atom stereocenters. The van der Waals surface area contributed by atoms with Gasteiger partial charge in [0.05, 0.1) is 18.2 Å². The third-order valence-electron chi connectivity index (χ3n) is 5.55. The maximum absolute atomic E-state index is 13.1. The standard InChI is InChI=1S/C23H28N2O4/c1-23(2)15-25(22(28)20-8-7-18(26)11-21(20)29-23)14-19(27)13-24-10-9-16-5-3-4-6-17(16)12-24/h3-8,11,19,26-27H,9-10,12-15H2,1-2H3. The molecule has 4 rings (SSSR count). The molecule has 29 heavy (non-hydrogen) atoms. The van der Waals surface area contributed by atoms with Gasteiger partial charge in [-0.15, -0.1) is 0 Å². The van der Waals surface area contributed by atoms with Crippen molar-refractivity contribution in [2.75, 3.05) is 26.2 Å². The average Bonchev–Trinajstić information content (AvgIpc) is 2.75. The van der Waals surface area contributed by atoms with Gasteiger partial charge in [0, 0.05) is 32.2 Å². The molecule has 6 heteroatoms. The van der Waals surface area contributed by atoms with Gasteiger partial charge in [-0.1, -0.05) is 24.3 Å². The molecule has 6 nitrogen and oxygen atoms in total. The number of fused-ring (bicyclic) bond motifs is 2. The van der Waals surface area contributed by atoms with Gasteiger partial charge in [0.15, 0.2) is 0 Å². The van der Waals surface area contributed by atoms with Crippen molar-refractivity contribution in [3.63, 3.8) is 0 Å². The van der Waals surface area contributed by atoms with E-state index in [9.17, 15) is 15.0 Å².